The number of aromatic nitrogens is 2. The average Bonchev–Trinajstić information content (AvgIpc) is 2.32. The van der Waals surface area contributed by atoms with Crippen molar-refractivity contribution in [1.82, 2.24) is 9.55 Å². The molecule has 0 aliphatic rings. The first kappa shape index (κ1) is 14.5. The van der Waals surface area contributed by atoms with Crippen LogP contribution in [0.3, 0.4) is 0 Å². The zero-order valence-corrected chi connectivity index (χ0v) is 10.6. The Kier molecular flexibility index (Phi) is 5.11. The number of aromatic amines is 1. The number of H-pyrrole nitrogens is 1. The number of nitrogen functional groups attached to an aromatic ring is 1. The molecule has 1 rings (SSSR count). The molecule has 0 amide bonds. The number of methoxy groups -OCH3 is 1. The molecule has 0 aromatic carbocycles. The van der Waals surface area contributed by atoms with E-state index in [2.05, 4.69) is 0 Å². The number of rotatable bonds is 6. The van der Waals surface area contributed by atoms with Crippen LogP contribution in [0.15, 0.2) is 9.59 Å². The highest BCUT2D eigenvalue weighted by Crippen LogP contribution is 2.06. The maximum Gasteiger partial charge on any atom is 0.329 e. The summed E-state index contributed by atoms with van der Waals surface area (Å²) >= 11 is 5.38. The minimum absolute atomic E-state index is 0.162. The summed E-state index contributed by atoms with van der Waals surface area (Å²) in [6.45, 7) is 0.682. The average molecular weight is 276 g/mol. The van der Waals surface area contributed by atoms with Crippen LogP contribution in [0.2, 0.25) is 0 Å². The molecule has 0 bridgehead atoms. The Labute approximate surface area is 108 Å². The van der Waals surface area contributed by atoms with Gasteiger partial charge in [-0.2, -0.15) is 0 Å². The van der Waals surface area contributed by atoms with E-state index >= 15 is 0 Å². The van der Waals surface area contributed by atoms with Crippen molar-refractivity contribution < 1.29 is 9.53 Å². The van der Waals surface area contributed by atoms with Crippen molar-refractivity contribution in [1.29, 1.82) is 0 Å². The summed E-state index contributed by atoms with van der Waals surface area (Å²) in [7, 11) is 1.53. The van der Waals surface area contributed by atoms with Crippen LogP contribution in [0.1, 0.15) is 16.8 Å². The van der Waals surface area contributed by atoms with Gasteiger partial charge in [0.15, 0.2) is 5.78 Å². The van der Waals surface area contributed by atoms with Crippen LogP contribution >= 0.6 is 11.6 Å². The molecule has 0 aliphatic heterocycles. The van der Waals surface area contributed by atoms with E-state index in [-0.39, 0.29) is 23.8 Å². The number of hydrogen-bond acceptors (Lipinski definition) is 5. The summed E-state index contributed by atoms with van der Waals surface area (Å²) in [6.07, 6.45) is 0.529. The minimum atomic E-state index is -0.814. The molecule has 1 heterocycles. The van der Waals surface area contributed by atoms with Gasteiger partial charge in [-0.25, -0.2) is 4.79 Å². The molecule has 1 aromatic heterocycles. The third-order valence-electron chi connectivity index (χ3n) is 2.37. The zero-order valence-electron chi connectivity index (χ0n) is 9.86. The van der Waals surface area contributed by atoms with Gasteiger partial charge in [-0.05, 0) is 6.42 Å². The van der Waals surface area contributed by atoms with Gasteiger partial charge in [-0.3, -0.25) is 19.1 Å². The van der Waals surface area contributed by atoms with Gasteiger partial charge in [0.05, 0.1) is 5.88 Å². The van der Waals surface area contributed by atoms with Crippen LogP contribution < -0.4 is 17.0 Å². The summed E-state index contributed by atoms with van der Waals surface area (Å²) in [5.41, 5.74) is 3.92. The molecule has 0 aliphatic carbocycles. The van der Waals surface area contributed by atoms with Gasteiger partial charge < -0.3 is 10.5 Å². The Balaban J connectivity index is 3.23. The highest BCUT2D eigenvalue weighted by molar-refractivity contribution is 6.30. The fourth-order valence-electron chi connectivity index (χ4n) is 1.51. The molecule has 3 N–H and O–H groups in total. The third kappa shape index (κ3) is 2.99. The number of ketones is 1. The molecule has 0 atom stereocenters. The van der Waals surface area contributed by atoms with E-state index in [4.69, 9.17) is 22.1 Å². The molecular weight excluding hydrogens is 262 g/mol. The van der Waals surface area contributed by atoms with E-state index in [0.717, 1.165) is 4.57 Å². The number of hydrogen-bond donors (Lipinski definition) is 2. The van der Waals surface area contributed by atoms with Crippen LogP contribution in [0.25, 0.3) is 0 Å². The lowest BCUT2D eigenvalue weighted by atomic mass is 10.2. The molecule has 18 heavy (non-hydrogen) atoms. The lowest BCUT2D eigenvalue weighted by Crippen LogP contribution is -2.36. The fourth-order valence-corrected chi connectivity index (χ4v) is 1.65. The number of ether oxygens (including phenoxy) is 1. The van der Waals surface area contributed by atoms with Gasteiger partial charge >= 0.3 is 5.69 Å². The number of carbonyl (C=O) groups excluding carboxylic acids is 1. The number of alkyl halides is 1. The Morgan fingerprint density at radius 1 is 1.50 bits per heavy atom. The summed E-state index contributed by atoms with van der Waals surface area (Å²) in [5.74, 6) is -1.15. The highest BCUT2D eigenvalue weighted by Gasteiger charge is 2.18. The van der Waals surface area contributed by atoms with Gasteiger partial charge in [0.1, 0.15) is 11.4 Å². The number of nitrogens with zero attached hydrogens (tertiary/aromatic N) is 1. The van der Waals surface area contributed by atoms with E-state index in [9.17, 15) is 14.4 Å². The fraction of sp³-hybridized carbons (Fsp3) is 0.500. The first-order valence-electron chi connectivity index (χ1n) is 5.23. The third-order valence-corrected chi connectivity index (χ3v) is 2.61. The maximum absolute atomic E-state index is 11.6. The van der Waals surface area contributed by atoms with E-state index in [1.165, 1.54) is 7.11 Å². The maximum atomic E-state index is 11.6. The molecule has 0 saturated carbocycles. The number of nitrogens with two attached hydrogens (primary N) is 1. The first-order valence-corrected chi connectivity index (χ1v) is 5.77. The standard InChI is InChI=1S/C10H14ClN3O4/c1-18-4-2-3-14-8(12)7(6(15)5-11)9(16)13-10(14)17/h2-5,12H2,1H3,(H,13,16,17). The second-order valence-electron chi connectivity index (χ2n) is 3.57. The van der Waals surface area contributed by atoms with Crippen molar-refractivity contribution in [2.24, 2.45) is 0 Å². The van der Waals surface area contributed by atoms with E-state index in [1.807, 2.05) is 4.98 Å². The quantitative estimate of drug-likeness (QED) is 0.416. The molecule has 7 nitrogen and oxygen atoms in total. The van der Waals surface area contributed by atoms with Crippen molar-refractivity contribution in [3.63, 3.8) is 0 Å². The van der Waals surface area contributed by atoms with Crippen LogP contribution in [0, 0.1) is 0 Å². The highest BCUT2D eigenvalue weighted by atomic mass is 35.5. The predicted octanol–water partition coefficient (Wildman–Crippen LogP) is -0.423. The van der Waals surface area contributed by atoms with Gasteiger partial charge in [-0.15, -0.1) is 11.6 Å². The monoisotopic (exact) mass is 275 g/mol. The van der Waals surface area contributed by atoms with Crippen molar-refractivity contribution in [2.75, 3.05) is 25.3 Å². The van der Waals surface area contributed by atoms with Crippen LogP contribution in [0.5, 0.6) is 0 Å². The molecule has 0 fully saturated rings. The predicted molar refractivity (Wildman–Crippen MR) is 67.3 cm³/mol. The summed E-state index contributed by atoms with van der Waals surface area (Å²) in [6, 6.07) is 0. The molecule has 0 unspecified atom stereocenters. The van der Waals surface area contributed by atoms with Gasteiger partial charge in [0, 0.05) is 20.3 Å². The van der Waals surface area contributed by atoms with Crippen LogP contribution in [0.4, 0.5) is 5.82 Å². The first-order chi connectivity index (χ1) is 8.52. The number of halogens is 1. The number of Topliss-reactive ketones (excluding diaryl/α,β-unsaturated/α-hetero) is 1. The second-order valence-corrected chi connectivity index (χ2v) is 3.84. The van der Waals surface area contributed by atoms with Crippen LogP contribution in [-0.4, -0.2) is 34.9 Å². The smallest absolute Gasteiger partial charge is 0.329 e. The molecule has 0 radical (unpaired) electrons. The number of anilines is 1. The molecule has 0 saturated heterocycles. The molecule has 1 aromatic rings. The lowest BCUT2D eigenvalue weighted by Gasteiger charge is -2.11. The van der Waals surface area contributed by atoms with Gasteiger partial charge in [0.2, 0.25) is 0 Å². The Hall–Kier alpha value is -1.60. The molecule has 0 spiro atoms. The normalized spacial score (nSPS) is 10.6. The number of carbonyl (C=O) groups is 1. The van der Waals surface area contributed by atoms with E-state index < -0.39 is 17.0 Å². The van der Waals surface area contributed by atoms with Crippen LogP contribution in [-0.2, 0) is 11.3 Å². The van der Waals surface area contributed by atoms with Crippen molar-refractivity contribution in [3.05, 3.63) is 26.4 Å². The van der Waals surface area contributed by atoms with E-state index in [0.29, 0.717) is 13.0 Å². The summed E-state index contributed by atoms with van der Waals surface area (Å²) < 4.78 is 5.97. The SMILES string of the molecule is COCCCn1c(N)c(C(=O)CCl)c(=O)[nH]c1=O. The van der Waals surface area contributed by atoms with Crippen molar-refractivity contribution >= 4 is 23.2 Å². The topological polar surface area (TPSA) is 107 Å². The Morgan fingerprint density at radius 3 is 2.72 bits per heavy atom. The minimum Gasteiger partial charge on any atom is -0.385 e. The molecular formula is C10H14ClN3O4. The Morgan fingerprint density at radius 2 is 2.17 bits per heavy atom. The van der Waals surface area contributed by atoms with Gasteiger partial charge in [0.25, 0.3) is 5.56 Å². The molecule has 8 heteroatoms. The van der Waals surface area contributed by atoms with E-state index in [1.54, 1.807) is 0 Å². The van der Waals surface area contributed by atoms with Crippen molar-refractivity contribution in [3.8, 4) is 0 Å². The second kappa shape index (κ2) is 6.36. The lowest BCUT2D eigenvalue weighted by molar-refractivity contribution is 0.101. The Bertz CT molecular complexity index is 549. The summed E-state index contributed by atoms with van der Waals surface area (Å²) in [4.78, 5) is 36.6. The van der Waals surface area contributed by atoms with Crippen molar-refractivity contribution in [2.45, 2.75) is 13.0 Å². The largest absolute Gasteiger partial charge is 0.385 e. The number of nitrogens with one attached hydrogen (secondary N) is 1. The summed E-state index contributed by atoms with van der Waals surface area (Å²) in [5, 5.41) is 0. The zero-order chi connectivity index (χ0) is 13.7. The molecule has 100 valence electrons. The van der Waals surface area contributed by atoms with Gasteiger partial charge in [-0.1, -0.05) is 0 Å².